The van der Waals surface area contributed by atoms with Crippen LogP contribution in [0.3, 0.4) is 0 Å². The van der Waals surface area contributed by atoms with Crippen LogP contribution >= 0.6 is 0 Å². The molecular formula is C24H33N3O4S. The van der Waals surface area contributed by atoms with Gasteiger partial charge >= 0.3 is 0 Å². The maximum absolute atomic E-state index is 13.5. The maximum atomic E-state index is 13.5. The number of nitrogens with zero attached hydrogens (tertiary/aromatic N) is 2. The first-order valence-electron chi connectivity index (χ1n) is 10.6. The molecule has 0 aliphatic heterocycles. The van der Waals surface area contributed by atoms with Gasteiger partial charge in [0.15, 0.2) is 0 Å². The second-order valence-corrected chi connectivity index (χ2v) is 9.96. The highest BCUT2D eigenvalue weighted by Crippen LogP contribution is 2.27. The Morgan fingerprint density at radius 3 is 2.03 bits per heavy atom. The fourth-order valence-corrected chi connectivity index (χ4v) is 4.72. The molecule has 2 rings (SSSR count). The lowest BCUT2D eigenvalue weighted by atomic mass is 10.1. The summed E-state index contributed by atoms with van der Waals surface area (Å²) in [5, 5.41) is 2.62. The molecule has 1 atom stereocenters. The van der Waals surface area contributed by atoms with Gasteiger partial charge in [-0.3, -0.25) is 13.9 Å². The van der Waals surface area contributed by atoms with Crippen LogP contribution in [-0.2, 0) is 26.2 Å². The van der Waals surface area contributed by atoms with Gasteiger partial charge in [-0.15, -0.1) is 0 Å². The SMILES string of the molecule is CCC(C(=O)NC)N(Cc1ccc(C)cc1)C(=O)CN(c1c(C)cccc1C)S(C)(=O)=O. The third-order valence-electron chi connectivity index (χ3n) is 5.47. The Bertz CT molecular complexity index is 1040. The number of benzene rings is 2. The number of likely N-dealkylation sites (N-methyl/N-ethyl adjacent to an activating group) is 1. The van der Waals surface area contributed by atoms with Crippen molar-refractivity contribution in [3.8, 4) is 0 Å². The van der Waals surface area contributed by atoms with Crippen molar-refractivity contribution in [1.29, 1.82) is 0 Å². The average molecular weight is 460 g/mol. The van der Waals surface area contributed by atoms with E-state index < -0.39 is 22.0 Å². The number of hydrogen-bond donors (Lipinski definition) is 1. The van der Waals surface area contributed by atoms with Crippen molar-refractivity contribution in [1.82, 2.24) is 10.2 Å². The number of anilines is 1. The maximum Gasteiger partial charge on any atom is 0.244 e. The van der Waals surface area contributed by atoms with Crippen LogP contribution in [-0.4, -0.2) is 51.0 Å². The summed E-state index contributed by atoms with van der Waals surface area (Å²) in [5.41, 5.74) is 3.96. The minimum absolute atomic E-state index is 0.204. The van der Waals surface area contributed by atoms with Crippen LogP contribution in [0.1, 0.15) is 35.6 Å². The molecule has 2 aromatic carbocycles. The summed E-state index contributed by atoms with van der Waals surface area (Å²) in [5.74, 6) is -0.722. The highest BCUT2D eigenvalue weighted by molar-refractivity contribution is 7.92. The van der Waals surface area contributed by atoms with Crippen molar-refractivity contribution in [3.05, 3.63) is 64.7 Å². The summed E-state index contributed by atoms with van der Waals surface area (Å²) in [6.07, 6.45) is 1.49. The molecule has 0 bridgehead atoms. The molecule has 2 aromatic rings. The first-order chi connectivity index (χ1) is 15.0. The number of sulfonamides is 1. The Hall–Kier alpha value is -2.87. The molecule has 0 spiro atoms. The number of aryl methyl sites for hydroxylation is 3. The first-order valence-corrected chi connectivity index (χ1v) is 12.4. The van der Waals surface area contributed by atoms with E-state index in [2.05, 4.69) is 5.32 Å². The number of nitrogens with one attached hydrogen (secondary N) is 1. The van der Waals surface area contributed by atoms with Gasteiger partial charge in [-0.2, -0.15) is 0 Å². The van der Waals surface area contributed by atoms with E-state index in [0.717, 1.165) is 32.8 Å². The fourth-order valence-electron chi connectivity index (χ4n) is 3.75. The van der Waals surface area contributed by atoms with Crippen molar-refractivity contribution in [2.75, 3.05) is 24.2 Å². The predicted octanol–water partition coefficient (Wildman–Crippen LogP) is 2.93. The van der Waals surface area contributed by atoms with Gasteiger partial charge in [-0.05, 0) is 43.9 Å². The van der Waals surface area contributed by atoms with Gasteiger partial charge < -0.3 is 10.2 Å². The normalized spacial score (nSPS) is 12.2. The van der Waals surface area contributed by atoms with Gasteiger partial charge in [-0.25, -0.2) is 8.42 Å². The van der Waals surface area contributed by atoms with Gasteiger partial charge in [0.25, 0.3) is 0 Å². The zero-order valence-electron chi connectivity index (χ0n) is 19.7. The van der Waals surface area contributed by atoms with Crippen molar-refractivity contribution < 1.29 is 18.0 Å². The van der Waals surface area contributed by atoms with Crippen molar-refractivity contribution in [2.45, 2.75) is 46.7 Å². The van der Waals surface area contributed by atoms with Gasteiger partial charge in [0.2, 0.25) is 21.8 Å². The molecule has 1 N–H and O–H groups in total. The Morgan fingerprint density at radius 2 is 1.56 bits per heavy atom. The van der Waals surface area contributed by atoms with Gasteiger partial charge in [0.05, 0.1) is 11.9 Å². The summed E-state index contributed by atoms with van der Waals surface area (Å²) in [4.78, 5) is 27.6. The number of amides is 2. The number of carbonyl (C=O) groups is 2. The summed E-state index contributed by atoms with van der Waals surface area (Å²) >= 11 is 0. The molecule has 0 aromatic heterocycles. The first kappa shape index (κ1) is 25.4. The van der Waals surface area contributed by atoms with E-state index in [-0.39, 0.29) is 19.0 Å². The van der Waals surface area contributed by atoms with Crippen LogP contribution in [0.25, 0.3) is 0 Å². The number of carbonyl (C=O) groups excluding carboxylic acids is 2. The Kier molecular flexibility index (Phi) is 8.44. The number of para-hydroxylation sites is 1. The minimum Gasteiger partial charge on any atom is -0.357 e. The molecule has 2 amide bonds. The topological polar surface area (TPSA) is 86.8 Å². The molecule has 0 heterocycles. The fraction of sp³-hybridized carbons (Fsp3) is 0.417. The molecule has 0 fully saturated rings. The molecule has 8 heteroatoms. The van der Waals surface area contributed by atoms with Crippen LogP contribution < -0.4 is 9.62 Å². The van der Waals surface area contributed by atoms with Crippen LogP contribution in [0.15, 0.2) is 42.5 Å². The second kappa shape index (κ2) is 10.6. The smallest absolute Gasteiger partial charge is 0.244 e. The lowest BCUT2D eigenvalue weighted by Crippen LogP contribution is -2.51. The third kappa shape index (κ3) is 6.09. The Labute approximate surface area is 191 Å². The van der Waals surface area contributed by atoms with E-state index in [0.29, 0.717) is 12.1 Å². The lowest BCUT2D eigenvalue weighted by Gasteiger charge is -2.33. The van der Waals surface area contributed by atoms with E-state index in [9.17, 15) is 18.0 Å². The predicted molar refractivity (Wildman–Crippen MR) is 128 cm³/mol. The van der Waals surface area contributed by atoms with Crippen LogP contribution in [0.5, 0.6) is 0 Å². The zero-order chi connectivity index (χ0) is 24.1. The van der Waals surface area contributed by atoms with Crippen LogP contribution in [0.2, 0.25) is 0 Å². The van der Waals surface area contributed by atoms with E-state index in [4.69, 9.17) is 0 Å². The van der Waals surface area contributed by atoms with Crippen molar-refractivity contribution in [3.63, 3.8) is 0 Å². The Balaban J connectivity index is 2.48. The largest absolute Gasteiger partial charge is 0.357 e. The molecule has 0 saturated heterocycles. The number of hydrogen-bond acceptors (Lipinski definition) is 4. The molecule has 0 aliphatic rings. The van der Waals surface area contributed by atoms with Crippen molar-refractivity contribution >= 4 is 27.5 Å². The molecule has 0 saturated carbocycles. The molecule has 0 aliphatic carbocycles. The summed E-state index contributed by atoms with van der Waals surface area (Å²) in [7, 11) is -2.22. The standard InChI is InChI=1S/C24H33N3O4S/c1-7-21(24(29)25-5)26(15-20-13-11-17(2)12-14-20)22(28)16-27(32(6,30)31)23-18(3)9-8-10-19(23)4/h8-14,21H,7,15-16H2,1-6H3,(H,25,29). The quantitative estimate of drug-likeness (QED) is 0.625. The van der Waals surface area contributed by atoms with E-state index in [1.165, 1.54) is 11.9 Å². The van der Waals surface area contributed by atoms with Crippen LogP contribution in [0.4, 0.5) is 5.69 Å². The Morgan fingerprint density at radius 1 is 1.00 bits per heavy atom. The molecule has 7 nitrogen and oxygen atoms in total. The van der Waals surface area contributed by atoms with Gasteiger partial charge in [-0.1, -0.05) is 55.0 Å². The van der Waals surface area contributed by atoms with Gasteiger partial charge in [0.1, 0.15) is 12.6 Å². The zero-order valence-corrected chi connectivity index (χ0v) is 20.5. The highest BCUT2D eigenvalue weighted by Gasteiger charge is 2.32. The molecule has 0 radical (unpaired) electrons. The van der Waals surface area contributed by atoms with E-state index >= 15 is 0 Å². The number of rotatable bonds is 9. The van der Waals surface area contributed by atoms with E-state index in [1.807, 2.05) is 70.2 Å². The molecular weight excluding hydrogens is 426 g/mol. The minimum atomic E-state index is -3.74. The van der Waals surface area contributed by atoms with Crippen LogP contribution in [0, 0.1) is 20.8 Å². The summed E-state index contributed by atoms with van der Waals surface area (Å²) in [6, 6.07) is 12.5. The van der Waals surface area contributed by atoms with E-state index in [1.54, 1.807) is 0 Å². The monoisotopic (exact) mass is 459 g/mol. The lowest BCUT2D eigenvalue weighted by molar-refractivity contribution is -0.140. The molecule has 1 unspecified atom stereocenters. The average Bonchev–Trinajstić information content (AvgIpc) is 2.73. The summed E-state index contributed by atoms with van der Waals surface area (Å²) in [6.45, 7) is 7.25. The summed E-state index contributed by atoms with van der Waals surface area (Å²) < 4.78 is 26.5. The van der Waals surface area contributed by atoms with Crippen molar-refractivity contribution in [2.24, 2.45) is 0 Å². The molecule has 174 valence electrons. The molecule has 32 heavy (non-hydrogen) atoms. The second-order valence-electron chi connectivity index (χ2n) is 8.06. The van der Waals surface area contributed by atoms with Gasteiger partial charge in [0, 0.05) is 13.6 Å². The highest BCUT2D eigenvalue weighted by atomic mass is 32.2. The third-order valence-corrected chi connectivity index (χ3v) is 6.59.